The molecule has 1 amide bonds. The molecule has 0 radical (unpaired) electrons. The van der Waals surface area contributed by atoms with Crippen molar-refractivity contribution < 1.29 is 18.0 Å². The van der Waals surface area contributed by atoms with E-state index in [2.05, 4.69) is 4.98 Å². The number of hydrogen-bond acceptors (Lipinski definition) is 4. The van der Waals surface area contributed by atoms with E-state index in [0.717, 1.165) is 25.3 Å². The Morgan fingerprint density at radius 3 is 2.48 bits per heavy atom. The molecule has 4 nitrogen and oxygen atoms in total. The molecule has 1 aliphatic heterocycles. The van der Waals surface area contributed by atoms with Gasteiger partial charge in [-0.1, -0.05) is 23.8 Å². The number of halogens is 3. The van der Waals surface area contributed by atoms with E-state index in [1.54, 1.807) is 6.07 Å². The molecule has 1 aromatic heterocycles. The number of piperazine rings is 1. The minimum absolute atomic E-state index is 0.0166. The van der Waals surface area contributed by atoms with E-state index in [0.29, 0.717) is 36.0 Å². The van der Waals surface area contributed by atoms with Crippen LogP contribution in [0.3, 0.4) is 0 Å². The highest BCUT2D eigenvalue weighted by Crippen LogP contribution is 2.38. The summed E-state index contributed by atoms with van der Waals surface area (Å²) in [5.74, 6) is 0.415. The Labute approximate surface area is 147 Å². The van der Waals surface area contributed by atoms with Crippen LogP contribution in [0.4, 0.5) is 18.3 Å². The van der Waals surface area contributed by atoms with Crippen LogP contribution in [0, 0.1) is 5.92 Å². The summed E-state index contributed by atoms with van der Waals surface area (Å²) in [6, 6.07) is 4.16. The normalized spacial score (nSPS) is 19.3. The summed E-state index contributed by atoms with van der Waals surface area (Å²) >= 11 is 1.28. The Morgan fingerprint density at radius 1 is 1.16 bits per heavy atom. The van der Waals surface area contributed by atoms with Gasteiger partial charge in [0.25, 0.3) is 0 Å². The standard InChI is InChI=1S/C17H18F3N3OS/c18-17(19,20)12-5-2-6-13-14(12)21-16(25-13)23-9-7-22(8-10-23)15(24)11-3-1-4-11/h2,5-6,11H,1,3-4,7-10H2. The molecule has 0 unspecified atom stereocenters. The lowest BCUT2D eigenvalue weighted by atomic mass is 9.84. The van der Waals surface area contributed by atoms with Crippen LogP contribution in [0.2, 0.25) is 0 Å². The van der Waals surface area contributed by atoms with E-state index in [1.807, 2.05) is 9.80 Å². The number of amides is 1. The van der Waals surface area contributed by atoms with Gasteiger partial charge in [0, 0.05) is 32.1 Å². The molecule has 2 fully saturated rings. The molecule has 2 aromatic rings. The quantitative estimate of drug-likeness (QED) is 0.809. The smallest absolute Gasteiger partial charge is 0.345 e. The molecule has 1 saturated carbocycles. The van der Waals surface area contributed by atoms with E-state index in [1.165, 1.54) is 17.4 Å². The summed E-state index contributed by atoms with van der Waals surface area (Å²) in [6.45, 7) is 2.44. The van der Waals surface area contributed by atoms with Gasteiger partial charge in [0.15, 0.2) is 5.13 Å². The Kier molecular flexibility index (Phi) is 4.10. The highest BCUT2D eigenvalue weighted by atomic mass is 32.1. The number of hydrogen-bond donors (Lipinski definition) is 0. The van der Waals surface area contributed by atoms with Gasteiger partial charge in [0.05, 0.1) is 15.8 Å². The van der Waals surface area contributed by atoms with Crippen molar-refractivity contribution in [2.75, 3.05) is 31.1 Å². The topological polar surface area (TPSA) is 36.4 Å². The second kappa shape index (κ2) is 6.16. The molecular formula is C17H18F3N3OS. The average Bonchev–Trinajstić information content (AvgIpc) is 2.96. The number of fused-ring (bicyclic) bond motifs is 1. The number of nitrogens with zero attached hydrogens (tertiary/aromatic N) is 3. The van der Waals surface area contributed by atoms with E-state index >= 15 is 0 Å². The van der Waals surface area contributed by atoms with Crippen molar-refractivity contribution in [3.63, 3.8) is 0 Å². The summed E-state index contributed by atoms with van der Waals surface area (Å²) in [5, 5.41) is 0.599. The number of benzene rings is 1. The van der Waals surface area contributed by atoms with Gasteiger partial charge in [-0.25, -0.2) is 4.98 Å². The van der Waals surface area contributed by atoms with Crippen molar-refractivity contribution in [3.8, 4) is 0 Å². The van der Waals surface area contributed by atoms with Crippen molar-refractivity contribution in [2.45, 2.75) is 25.4 Å². The molecule has 2 aliphatic rings. The first-order valence-electron chi connectivity index (χ1n) is 8.44. The summed E-state index contributed by atoms with van der Waals surface area (Å²) in [7, 11) is 0. The first-order chi connectivity index (χ1) is 11.9. The zero-order chi connectivity index (χ0) is 17.6. The fraction of sp³-hybridized carbons (Fsp3) is 0.529. The monoisotopic (exact) mass is 369 g/mol. The summed E-state index contributed by atoms with van der Waals surface area (Å²) in [4.78, 5) is 20.4. The third-order valence-corrected chi connectivity index (χ3v) is 6.11. The molecule has 8 heteroatoms. The van der Waals surface area contributed by atoms with Gasteiger partial charge in [-0.2, -0.15) is 13.2 Å². The summed E-state index contributed by atoms with van der Waals surface area (Å²) in [6.07, 6.45) is -1.31. The minimum Gasteiger partial charge on any atom is -0.345 e. The van der Waals surface area contributed by atoms with Crippen molar-refractivity contribution in [1.82, 2.24) is 9.88 Å². The van der Waals surface area contributed by atoms with Crippen LogP contribution in [0.25, 0.3) is 10.2 Å². The first kappa shape index (κ1) is 16.6. The zero-order valence-corrected chi connectivity index (χ0v) is 14.4. The summed E-state index contributed by atoms with van der Waals surface area (Å²) in [5.41, 5.74) is -0.672. The molecule has 0 spiro atoms. The van der Waals surface area contributed by atoms with Gasteiger partial charge in [-0.05, 0) is 25.0 Å². The number of aromatic nitrogens is 1. The Morgan fingerprint density at radius 2 is 1.88 bits per heavy atom. The van der Waals surface area contributed by atoms with E-state index in [-0.39, 0.29) is 17.3 Å². The van der Waals surface area contributed by atoms with E-state index < -0.39 is 11.7 Å². The Balaban J connectivity index is 1.50. The number of carbonyl (C=O) groups excluding carboxylic acids is 1. The van der Waals surface area contributed by atoms with Crippen molar-refractivity contribution >= 4 is 32.6 Å². The van der Waals surface area contributed by atoms with Crippen LogP contribution in [-0.4, -0.2) is 42.0 Å². The van der Waals surface area contributed by atoms with Gasteiger partial charge in [0.1, 0.15) is 0 Å². The van der Waals surface area contributed by atoms with Gasteiger partial charge >= 0.3 is 6.18 Å². The maximum Gasteiger partial charge on any atom is 0.418 e. The van der Waals surface area contributed by atoms with E-state index in [9.17, 15) is 18.0 Å². The minimum atomic E-state index is -4.40. The van der Waals surface area contributed by atoms with Crippen LogP contribution >= 0.6 is 11.3 Å². The van der Waals surface area contributed by atoms with Crippen molar-refractivity contribution in [3.05, 3.63) is 23.8 Å². The SMILES string of the molecule is O=C(C1CCC1)N1CCN(c2nc3c(C(F)(F)F)cccc3s2)CC1. The number of para-hydroxylation sites is 1. The highest BCUT2D eigenvalue weighted by Gasteiger charge is 2.35. The first-order valence-corrected chi connectivity index (χ1v) is 9.25. The van der Waals surface area contributed by atoms with Gasteiger partial charge in [0.2, 0.25) is 5.91 Å². The molecule has 134 valence electrons. The predicted molar refractivity (Wildman–Crippen MR) is 90.8 cm³/mol. The lowest BCUT2D eigenvalue weighted by Gasteiger charge is -2.38. The molecule has 2 heterocycles. The summed E-state index contributed by atoms with van der Waals surface area (Å²) < 4.78 is 39.9. The van der Waals surface area contributed by atoms with Crippen LogP contribution in [0.15, 0.2) is 18.2 Å². The lowest BCUT2D eigenvalue weighted by Crippen LogP contribution is -2.51. The molecule has 0 atom stereocenters. The van der Waals surface area contributed by atoms with Gasteiger partial charge < -0.3 is 9.80 Å². The molecule has 1 aliphatic carbocycles. The predicted octanol–water partition coefficient (Wildman–Crippen LogP) is 3.76. The zero-order valence-electron chi connectivity index (χ0n) is 13.6. The van der Waals surface area contributed by atoms with Crippen LogP contribution in [0.1, 0.15) is 24.8 Å². The molecular weight excluding hydrogens is 351 g/mol. The fourth-order valence-electron chi connectivity index (χ4n) is 3.33. The number of thiazole rings is 1. The molecule has 1 aromatic carbocycles. The number of carbonyl (C=O) groups is 1. The molecule has 25 heavy (non-hydrogen) atoms. The molecule has 0 bridgehead atoms. The molecule has 4 rings (SSSR count). The third kappa shape index (κ3) is 3.07. The highest BCUT2D eigenvalue weighted by molar-refractivity contribution is 7.22. The Hall–Kier alpha value is -1.83. The van der Waals surface area contributed by atoms with E-state index in [4.69, 9.17) is 0 Å². The largest absolute Gasteiger partial charge is 0.418 e. The van der Waals surface area contributed by atoms with Crippen LogP contribution in [0.5, 0.6) is 0 Å². The Bertz CT molecular complexity index is 792. The van der Waals surface area contributed by atoms with Gasteiger partial charge in [-0.3, -0.25) is 4.79 Å². The van der Waals surface area contributed by atoms with Crippen molar-refractivity contribution in [2.24, 2.45) is 5.92 Å². The maximum absolute atomic E-state index is 13.1. The molecule has 0 N–H and O–H groups in total. The lowest BCUT2D eigenvalue weighted by molar-refractivity contribution is -0.138. The van der Waals surface area contributed by atoms with Crippen LogP contribution in [-0.2, 0) is 11.0 Å². The fourth-order valence-corrected chi connectivity index (χ4v) is 4.38. The maximum atomic E-state index is 13.1. The number of anilines is 1. The third-order valence-electron chi connectivity index (χ3n) is 5.03. The second-order valence-corrected chi connectivity index (χ2v) is 7.60. The average molecular weight is 369 g/mol. The number of rotatable bonds is 2. The van der Waals surface area contributed by atoms with Gasteiger partial charge in [-0.15, -0.1) is 0 Å². The van der Waals surface area contributed by atoms with Crippen LogP contribution < -0.4 is 4.90 Å². The number of alkyl halides is 3. The van der Waals surface area contributed by atoms with Crippen molar-refractivity contribution in [1.29, 1.82) is 0 Å². The molecule has 1 saturated heterocycles. The second-order valence-electron chi connectivity index (χ2n) is 6.59.